The van der Waals surface area contributed by atoms with E-state index in [9.17, 15) is 9.18 Å². The van der Waals surface area contributed by atoms with E-state index in [1.807, 2.05) is 0 Å². The fourth-order valence-electron chi connectivity index (χ4n) is 3.73. The number of halogens is 2. The highest BCUT2D eigenvalue weighted by Crippen LogP contribution is 2.30. The minimum absolute atomic E-state index is 0.178. The number of rotatable bonds is 4. The molecule has 1 fully saturated rings. The quantitative estimate of drug-likeness (QED) is 0.779. The maximum absolute atomic E-state index is 14.0. The summed E-state index contributed by atoms with van der Waals surface area (Å²) in [6.07, 6.45) is 5.24. The predicted molar refractivity (Wildman–Crippen MR) is 106 cm³/mol. The molecule has 2 aliphatic rings. The van der Waals surface area contributed by atoms with Gasteiger partial charge in [0.05, 0.1) is 5.69 Å². The van der Waals surface area contributed by atoms with Crippen LogP contribution < -0.4 is 10.6 Å². The Balaban J connectivity index is 1.38. The molecule has 0 saturated heterocycles. The zero-order chi connectivity index (χ0) is 18.8. The Hall–Kier alpha value is -1.70. The molecule has 1 aromatic carbocycles. The van der Waals surface area contributed by atoms with Gasteiger partial charge in [-0.1, -0.05) is 30.5 Å². The maximum Gasteiger partial charge on any atom is 0.321 e. The summed E-state index contributed by atoms with van der Waals surface area (Å²) in [5.74, 6) is -0.274. The number of amides is 2. The van der Waals surface area contributed by atoms with E-state index in [4.69, 9.17) is 11.6 Å². The van der Waals surface area contributed by atoms with Crippen molar-refractivity contribution in [1.29, 1.82) is 0 Å². The molecule has 0 spiro atoms. The van der Waals surface area contributed by atoms with Gasteiger partial charge in [0, 0.05) is 47.6 Å². The number of carbonyl (C=O) groups excluding carboxylic acids is 1. The molecule has 2 aromatic rings. The standard InChI is InChI=1S/C19H22ClFN4OS/c20-14-6-3-7-15(21)13(14)10-25-9-8-16-17(11-25)27-19(23-16)24-18(26)22-12-4-1-2-5-12/h3,6-7,12H,1-2,4-5,8-11H2,(H2,22,23,24,26). The fraction of sp³-hybridized carbons (Fsp3) is 0.474. The monoisotopic (exact) mass is 408 g/mol. The van der Waals surface area contributed by atoms with Gasteiger partial charge in [-0.05, 0) is 25.0 Å². The third-order valence-electron chi connectivity index (χ3n) is 5.16. The third-order valence-corrected chi connectivity index (χ3v) is 6.52. The number of hydrogen-bond acceptors (Lipinski definition) is 4. The number of benzene rings is 1. The fourth-order valence-corrected chi connectivity index (χ4v) is 5.00. The summed E-state index contributed by atoms with van der Waals surface area (Å²) in [4.78, 5) is 20.0. The second-order valence-electron chi connectivity index (χ2n) is 7.13. The molecule has 144 valence electrons. The summed E-state index contributed by atoms with van der Waals surface area (Å²) >= 11 is 7.64. The van der Waals surface area contributed by atoms with Crippen LogP contribution in [0.4, 0.5) is 14.3 Å². The second kappa shape index (κ2) is 8.12. The lowest BCUT2D eigenvalue weighted by Gasteiger charge is -2.26. The Morgan fingerprint density at radius 2 is 2.19 bits per heavy atom. The average Bonchev–Trinajstić information content (AvgIpc) is 3.27. The van der Waals surface area contributed by atoms with Crippen molar-refractivity contribution in [1.82, 2.24) is 15.2 Å². The normalized spacial score (nSPS) is 17.7. The van der Waals surface area contributed by atoms with Gasteiger partial charge in [0.1, 0.15) is 5.82 Å². The van der Waals surface area contributed by atoms with Gasteiger partial charge in [0.25, 0.3) is 0 Å². The van der Waals surface area contributed by atoms with Crippen LogP contribution in [-0.4, -0.2) is 28.5 Å². The molecule has 27 heavy (non-hydrogen) atoms. The van der Waals surface area contributed by atoms with Gasteiger partial charge in [-0.25, -0.2) is 14.2 Å². The third kappa shape index (κ3) is 4.42. The molecule has 0 atom stereocenters. The highest BCUT2D eigenvalue weighted by atomic mass is 35.5. The summed E-state index contributed by atoms with van der Waals surface area (Å²) in [6.45, 7) is 1.94. The Labute approximate surface area is 166 Å². The van der Waals surface area contributed by atoms with Crippen LogP contribution in [-0.2, 0) is 19.5 Å². The van der Waals surface area contributed by atoms with Gasteiger partial charge in [-0.15, -0.1) is 11.3 Å². The highest BCUT2D eigenvalue weighted by Gasteiger charge is 2.23. The average molecular weight is 409 g/mol. The first-order valence-corrected chi connectivity index (χ1v) is 10.5. The largest absolute Gasteiger partial charge is 0.335 e. The van der Waals surface area contributed by atoms with Crippen molar-refractivity contribution < 1.29 is 9.18 Å². The lowest BCUT2D eigenvalue weighted by Crippen LogP contribution is -2.36. The van der Waals surface area contributed by atoms with Crippen LogP contribution in [0.15, 0.2) is 18.2 Å². The van der Waals surface area contributed by atoms with E-state index in [-0.39, 0.29) is 17.9 Å². The van der Waals surface area contributed by atoms with Crippen LogP contribution >= 0.6 is 22.9 Å². The zero-order valence-corrected chi connectivity index (χ0v) is 16.5. The van der Waals surface area contributed by atoms with Crippen LogP contribution in [0.2, 0.25) is 5.02 Å². The van der Waals surface area contributed by atoms with Crippen LogP contribution in [0.3, 0.4) is 0 Å². The summed E-state index contributed by atoms with van der Waals surface area (Å²) < 4.78 is 14.0. The van der Waals surface area contributed by atoms with Crippen LogP contribution in [0.1, 0.15) is 41.8 Å². The number of aromatic nitrogens is 1. The topological polar surface area (TPSA) is 57.3 Å². The van der Waals surface area contributed by atoms with Gasteiger partial charge in [-0.2, -0.15) is 0 Å². The molecule has 1 aliphatic carbocycles. The van der Waals surface area contributed by atoms with E-state index in [1.54, 1.807) is 12.1 Å². The number of fused-ring (bicyclic) bond motifs is 1. The molecule has 5 nitrogen and oxygen atoms in total. The number of nitrogens with one attached hydrogen (secondary N) is 2. The molecule has 2 heterocycles. The van der Waals surface area contributed by atoms with E-state index in [2.05, 4.69) is 20.5 Å². The lowest BCUT2D eigenvalue weighted by atomic mass is 10.1. The molecule has 1 saturated carbocycles. The highest BCUT2D eigenvalue weighted by molar-refractivity contribution is 7.15. The van der Waals surface area contributed by atoms with Crippen LogP contribution in [0, 0.1) is 5.82 Å². The summed E-state index contributed by atoms with van der Waals surface area (Å²) in [6, 6.07) is 4.87. The van der Waals surface area contributed by atoms with Gasteiger partial charge in [-0.3, -0.25) is 10.2 Å². The molecule has 2 N–H and O–H groups in total. The van der Waals surface area contributed by atoms with Crippen molar-refractivity contribution in [2.24, 2.45) is 0 Å². The first kappa shape index (κ1) is 18.7. The summed E-state index contributed by atoms with van der Waals surface area (Å²) in [5.41, 5.74) is 1.55. The van der Waals surface area contributed by atoms with Crippen molar-refractivity contribution in [2.45, 2.75) is 51.2 Å². The number of thiazole rings is 1. The van der Waals surface area contributed by atoms with E-state index in [0.717, 1.165) is 36.4 Å². The predicted octanol–water partition coefficient (Wildman–Crippen LogP) is 4.56. The number of nitrogens with zero attached hydrogens (tertiary/aromatic N) is 2. The van der Waals surface area contributed by atoms with E-state index >= 15 is 0 Å². The zero-order valence-electron chi connectivity index (χ0n) is 14.9. The number of hydrogen-bond donors (Lipinski definition) is 2. The van der Waals surface area contributed by atoms with Crippen LogP contribution in [0.25, 0.3) is 0 Å². The second-order valence-corrected chi connectivity index (χ2v) is 8.62. The molecular formula is C19H22ClFN4OS. The van der Waals surface area contributed by atoms with Gasteiger partial charge < -0.3 is 5.32 Å². The Morgan fingerprint density at radius 3 is 2.96 bits per heavy atom. The number of anilines is 1. The Kier molecular flexibility index (Phi) is 5.61. The minimum atomic E-state index is -0.274. The van der Waals surface area contributed by atoms with E-state index in [0.29, 0.717) is 28.8 Å². The van der Waals surface area contributed by atoms with Crippen molar-refractivity contribution in [2.75, 3.05) is 11.9 Å². The molecule has 1 aliphatic heterocycles. The van der Waals surface area contributed by atoms with Crippen molar-refractivity contribution in [3.05, 3.63) is 45.2 Å². The summed E-state index contributed by atoms with van der Waals surface area (Å²) in [7, 11) is 0. The molecule has 8 heteroatoms. The lowest BCUT2D eigenvalue weighted by molar-refractivity contribution is 0.244. The van der Waals surface area contributed by atoms with Gasteiger partial charge in [0.2, 0.25) is 0 Å². The molecule has 4 rings (SSSR count). The molecule has 1 aromatic heterocycles. The molecule has 2 amide bonds. The van der Waals surface area contributed by atoms with Crippen molar-refractivity contribution in [3.63, 3.8) is 0 Å². The molecule has 0 radical (unpaired) electrons. The Bertz CT molecular complexity index is 817. The van der Waals surface area contributed by atoms with Crippen molar-refractivity contribution >= 4 is 34.1 Å². The van der Waals surface area contributed by atoms with E-state index < -0.39 is 0 Å². The van der Waals surface area contributed by atoms with E-state index in [1.165, 1.54) is 30.2 Å². The van der Waals surface area contributed by atoms with Crippen LogP contribution in [0.5, 0.6) is 0 Å². The number of urea groups is 1. The van der Waals surface area contributed by atoms with Gasteiger partial charge >= 0.3 is 6.03 Å². The minimum Gasteiger partial charge on any atom is -0.335 e. The maximum atomic E-state index is 14.0. The smallest absolute Gasteiger partial charge is 0.321 e. The van der Waals surface area contributed by atoms with Crippen molar-refractivity contribution in [3.8, 4) is 0 Å². The first-order chi connectivity index (χ1) is 13.1. The molecule has 0 unspecified atom stereocenters. The first-order valence-electron chi connectivity index (χ1n) is 9.30. The van der Waals surface area contributed by atoms with Gasteiger partial charge in [0.15, 0.2) is 5.13 Å². The molecule has 0 bridgehead atoms. The Morgan fingerprint density at radius 1 is 1.37 bits per heavy atom. The molecular weight excluding hydrogens is 387 g/mol. The SMILES string of the molecule is O=C(Nc1nc2c(s1)CN(Cc1c(F)cccc1Cl)CC2)NC1CCCC1. The summed E-state index contributed by atoms with van der Waals surface area (Å²) in [5, 5.41) is 6.96. The number of carbonyl (C=O) groups is 1.